The average Bonchev–Trinajstić information content (AvgIpc) is 2.40. The van der Waals surface area contributed by atoms with Crippen molar-refractivity contribution in [3.8, 4) is 0 Å². The predicted octanol–water partition coefficient (Wildman–Crippen LogP) is 3.43. The van der Waals surface area contributed by atoms with Gasteiger partial charge in [-0.25, -0.2) is 8.78 Å². The van der Waals surface area contributed by atoms with E-state index in [1.165, 1.54) is 0 Å². The van der Waals surface area contributed by atoms with Gasteiger partial charge in [0.2, 0.25) is 0 Å². The summed E-state index contributed by atoms with van der Waals surface area (Å²) in [4.78, 5) is 4.02. The summed E-state index contributed by atoms with van der Waals surface area (Å²) in [7, 11) is 0. The highest BCUT2D eigenvalue weighted by Gasteiger charge is 2.11. The molecule has 0 radical (unpaired) electrons. The van der Waals surface area contributed by atoms with Crippen LogP contribution in [0.3, 0.4) is 0 Å². The quantitative estimate of drug-likeness (QED) is 0.787. The van der Waals surface area contributed by atoms with Gasteiger partial charge in [0.1, 0.15) is 12.5 Å². The van der Waals surface area contributed by atoms with Crippen molar-refractivity contribution in [1.82, 2.24) is 0 Å². The zero-order chi connectivity index (χ0) is 14.4. The van der Waals surface area contributed by atoms with Gasteiger partial charge in [-0.05, 0) is 44.4 Å². The van der Waals surface area contributed by atoms with E-state index in [4.69, 9.17) is 5.73 Å². The Kier molecular flexibility index (Phi) is 5.83. The summed E-state index contributed by atoms with van der Waals surface area (Å²) in [5.41, 5.74) is 7.89. The molecule has 0 amide bonds. The van der Waals surface area contributed by atoms with E-state index in [9.17, 15) is 8.78 Å². The molecule has 1 rings (SSSR count). The molecule has 0 fully saturated rings. The van der Waals surface area contributed by atoms with Crippen molar-refractivity contribution >= 4 is 11.4 Å². The first-order chi connectivity index (χ1) is 9.01. The molecular formula is C15H20F2N2. The molecule has 0 saturated heterocycles. The van der Waals surface area contributed by atoms with E-state index in [1.807, 2.05) is 0 Å². The predicted molar refractivity (Wildman–Crippen MR) is 76.6 cm³/mol. The summed E-state index contributed by atoms with van der Waals surface area (Å²) >= 11 is 0. The van der Waals surface area contributed by atoms with Crippen molar-refractivity contribution in [3.05, 3.63) is 41.2 Å². The molecule has 0 saturated carbocycles. The Labute approximate surface area is 113 Å². The van der Waals surface area contributed by atoms with Crippen LogP contribution in [0.15, 0.2) is 23.7 Å². The van der Waals surface area contributed by atoms with Crippen LogP contribution in [0.25, 0.3) is 5.70 Å². The van der Waals surface area contributed by atoms with Crippen LogP contribution in [0, 0.1) is 12.7 Å². The van der Waals surface area contributed by atoms with Gasteiger partial charge in [-0.1, -0.05) is 18.7 Å². The topological polar surface area (TPSA) is 38.4 Å². The standard InChI is InChI=1S/C15H20F2N2/c1-10(9-16)19-12(3)14-7-6-13(5-4-8-18)15(17)11(14)2/h6-7H,3-5,8-9,18H2,1-2H3. The van der Waals surface area contributed by atoms with Gasteiger partial charge < -0.3 is 5.73 Å². The van der Waals surface area contributed by atoms with Gasteiger partial charge in [-0.15, -0.1) is 0 Å². The highest BCUT2D eigenvalue weighted by Crippen LogP contribution is 2.24. The Morgan fingerprint density at radius 3 is 2.68 bits per heavy atom. The first kappa shape index (κ1) is 15.5. The number of aryl methyl sites for hydroxylation is 1. The van der Waals surface area contributed by atoms with Gasteiger partial charge in [-0.2, -0.15) is 0 Å². The van der Waals surface area contributed by atoms with E-state index >= 15 is 0 Å². The summed E-state index contributed by atoms with van der Waals surface area (Å²) in [6, 6.07) is 3.50. The molecule has 19 heavy (non-hydrogen) atoms. The van der Waals surface area contributed by atoms with Crippen LogP contribution in [0.2, 0.25) is 0 Å². The molecule has 0 atom stereocenters. The fraction of sp³-hybridized carbons (Fsp3) is 0.400. The van der Waals surface area contributed by atoms with Crippen molar-refractivity contribution in [1.29, 1.82) is 0 Å². The van der Waals surface area contributed by atoms with Crippen molar-refractivity contribution in [2.24, 2.45) is 10.7 Å². The molecule has 2 nitrogen and oxygen atoms in total. The Hall–Kier alpha value is -1.55. The maximum atomic E-state index is 14.2. The van der Waals surface area contributed by atoms with Crippen LogP contribution in [0.5, 0.6) is 0 Å². The molecule has 104 valence electrons. The van der Waals surface area contributed by atoms with Gasteiger partial charge >= 0.3 is 0 Å². The van der Waals surface area contributed by atoms with Gasteiger partial charge in [-0.3, -0.25) is 4.99 Å². The van der Waals surface area contributed by atoms with E-state index in [0.29, 0.717) is 41.1 Å². The fourth-order valence-corrected chi connectivity index (χ4v) is 1.86. The SMILES string of the molecule is C=C(N=C(C)CF)c1ccc(CCCN)c(F)c1C. The number of nitrogens with zero attached hydrogens (tertiary/aromatic N) is 1. The maximum Gasteiger partial charge on any atom is 0.129 e. The van der Waals surface area contributed by atoms with E-state index in [1.54, 1.807) is 26.0 Å². The normalized spacial score (nSPS) is 11.7. The van der Waals surface area contributed by atoms with Gasteiger partial charge in [0, 0.05) is 11.3 Å². The minimum absolute atomic E-state index is 0.250. The third kappa shape index (κ3) is 3.96. The number of hydrogen-bond donors (Lipinski definition) is 1. The molecule has 1 aromatic carbocycles. The molecule has 0 aliphatic carbocycles. The second-order valence-electron chi connectivity index (χ2n) is 4.53. The number of alkyl halides is 1. The lowest BCUT2D eigenvalue weighted by Crippen LogP contribution is -2.04. The lowest BCUT2D eigenvalue weighted by Gasteiger charge is -2.11. The highest BCUT2D eigenvalue weighted by atomic mass is 19.1. The average molecular weight is 266 g/mol. The fourth-order valence-electron chi connectivity index (χ4n) is 1.86. The number of rotatable bonds is 6. The highest BCUT2D eigenvalue weighted by molar-refractivity contribution is 5.88. The number of nitrogens with two attached hydrogens (primary N) is 1. The number of hydrogen-bond acceptors (Lipinski definition) is 2. The Morgan fingerprint density at radius 1 is 1.42 bits per heavy atom. The van der Waals surface area contributed by atoms with E-state index in [0.717, 1.165) is 6.42 Å². The number of aliphatic imine (C=N–C) groups is 1. The lowest BCUT2D eigenvalue weighted by molar-refractivity contribution is 0.580. The minimum atomic E-state index is -0.630. The molecule has 0 spiro atoms. The van der Waals surface area contributed by atoms with Gasteiger partial charge in [0.05, 0.1) is 5.70 Å². The maximum absolute atomic E-state index is 14.2. The van der Waals surface area contributed by atoms with Crippen LogP contribution in [-0.2, 0) is 6.42 Å². The van der Waals surface area contributed by atoms with Crippen LogP contribution < -0.4 is 5.73 Å². The van der Waals surface area contributed by atoms with Crippen molar-refractivity contribution in [3.63, 3.8) is 0 Å². The van der Waals surface area contributed by atoms with Crippen molar-refractivity contribution in [2.45, 2.75) is 26.7 Å². The zero-order valence-corrected chi connectivity index (χ0v) is 11.5. The van der Waals surface area contributed by atoms with Gasteiger partial charge in [0.15, 0.2) is 0 Å². The third-order valence-electron chi connectivity index (χ3n) is 2.95. The van der Waals surface area contributed by atoms with Crippen LogP contribution in [-0.4, -0.2) is 18.9 Å². The Balaban J connectivity index is 3.05. The number of halogens is 2. The molecule has 0 aromatic heterocycles. The molecule has 2 N–H and O–H groups in total. The Bertz CT molecular complexity index is 493. The van der Waals surface area contributed by atoms with Crippen molar-refractivity contribution < 1.29 is 8.78 Å². The second-order valence-corrected chi connectivity index (χ2v) is 4.53. The second kappa shape index (κ2) is 7.14. The molecular weight excluding hydrogens is 246 g/mol. The van der Waals surface area contributed by atoms with Crippen molar-refractivity contribution in [2.75, 3.05) is 13.2 Å². The summed E-state index contributed by atoms with van der Waals surface area (Å²) < 4.78 is 26.5. The smallest absolute Gasteiger partial charge is 0.129 e. The minimum Gasteiger partial charge on any atom is -0.330 e. The zero-order valence-electron chi connectivity index (χ0n) is 11.5. The van der Waals surface area contributed by atoms with Crippen LogP contribution in [0.1, 0.15) is 30.0 Å². The van der Waals surface area contributed by atoms with E-state index in [2.05, 4.69) is 11.6 Å². The number of benzene rings is 1. The van der Waals surface area contributed by atoms with Crippen LogP contribution in [0.4, 0.5) is 8.78 Å². The molecule has 0 bridgehead atoms. The molecule has 1 aromatic rings. The van der Waals surface area contributed by atoms with E-state index in [-0.39, 0.29) is 5.82 Å². The molecule has 0 unspecified atom stereocenters. The largest absolute Gasteiger partial charge is 0.330 e. The molecule has 0 aliphatic rings. The Morgan fingerprint density at radius 2 is 2.11 bits per heavy atom. The van der Waals surface area contributed by atoms with E-state index < -0.39 is 6.67 Å². The first-order valence-electron chi connectivity index (χ1n) is 6.28. The van der Waals surface area contributed by atoms with Crippen LogP contribution >= 0.6 is 0 Å². The molecule has 4 heteroatoms. The summed E-state index contributed by atoms with van der Waals surface area (Å²) in [5.74, 6) is -0.250. The lowest BCUT2D eigenvalue weighted by atomic mass is 9.99. The summed E-state index contributed by atoms with van der Waals surface area (Å²) in [6.07, 6.45) is 1.36. The van der Waals surface area contributed by atoms with Gasteiger partial charge in [0.25, 0.3) is 0 Å². The molecule has 0 heterocycles. The third-order valence-corrected chi connectivity index (χ3v) is 2.95. The summed E-state index contributed by atoms with van der Waals surface area (Å²) in [5, 5.41) is 0. The summed E-state index contributed by atoms with van der Waals surface area (Å²) in [6.45, 7) is 6.93. The monoisotopic (exact) mass is 266 g/mol. The first-order valence-corrected chi connectivity index (χ1v) is 6.28. The molecule has 0 aliphatic heterocycles.